The minimum Gasteiger partial charge on any atom is -0.383 e. The summed E-state index contributed by atoms with van der Waals surface area (Å²) in [5.74, 6) is 0. The Kier molecular flexibility index (Phi) is 8.14. The van der Waals surface area contributed by atoms with Crippen LogP contribution in [0.3, 0.4) is 0 Å². The Morgan fingerprint density at radius 2 is 1.50 bits per heavy atom. The van der Waals surface area contributed by atoms with Gasteiger partial charge in [-0.05, 0) is 18.4 Å². The smallest absolute Gasteiger partial charge is 0.0587 e. The summed E-state index contributed by atoms with van der Waals surface area (Å²) in [6.07, 6.45) is 1.23. The van der Waals surface area contributed by atoms with Gasteiger partial charge in [-0.15, -0.1) is 0 Å². The Morgan fingerprint density at radius 3 is 2.00 bits per heavy atom. The van der Waals surface area contributed by atoms with Gasteiger partial charge in [-0.25, -0.2) is 0 Å². The second-order valence-electron chi connectivity index (χ2n) is 4.80. The monoisotopic (exact) mass is 202 g/mol. The lowest BCUT2D eigenvalue weighted by Gasteiger charge is -2.18. The van der Waals surface area contributed by atoms with E-state index in [0.29, 0.717) is 5.41 Å². The predicted molar refractivity (Wildman–Crippen MR) is 61.7 cm³/mol. The molecule has 0 aromatic carbocycles. The van der Waals surface area contributed by atoms with E-state index in [4.69, 9.17) is 4.74 Å². The van der Waals surface area contributed by atoms with Crippen molar-refractivity contribution >= 4 is 0 Å². The Bertz CT molecular complexity index is 121. The standard InChI is InChI=1S/C11H26N2O/c1-11(2,3)5-6-12-7-8-13-9-10-14-4/h12-13H,5-10H2,1-4H3. The Hall–Kier alpha value is -0.120. The van der Waals surface area contributed by atoms with Crippen molar-refractivity contribution in [1.29, 1.82) is 0 Å². The van der Waals surface area contributed by atoms with Crippen LogP contribution in [0.25, 0.3) is 0 Å². The van der Waals surface area contributed by atoms with E-state index in [1.165, 1.54) is 6.42 Å². The predicted octanol–water partition coefficient (Wildman–Crippen LogP) is 1.25. The average Bonchev–Trinajstić information content (AvgIpc) is 2.08. The number of rotatable bonds is 8. The summed E-state index contributed by atoms with van der Waals surface area (Å²) in [7, 11) is 1.73. The Morgan fingerprint density at radius 1 is 0.929 bits per heavy atom. The van der Waals surface area contributed by atoms with Crippen LogP contribution in [0.5, 0.6) is 0 Å². The lowest BCUT2D eigenvalue weighted by molar-refractivity contribution is 0.199. The van der Waals surface area contributed by atoms with Gasteiger partial charge in [0.25, 0.3) is 0 Å². The molecule has 0 aliphatic rings. The molecule has 3 heteroatoms. The molecule has 0 rings (SSSR count). The molecule has 2 N–H and O–H groups in total. The first kappa shape index (κ1) is 13.9. The first-order valence-electron chi connectivity index (χ1n) is 5.46. The van der Waals surface area contributed by atoms with Crippen LogP contribution in [0.4, 0.5) is 0 Å². The number of hydrogen-bond acceptors (Lipinski definition) is 3. The van der Waals surface area contributed by atoms with Crippen LogP contribution >= 0.6 is 0 Å². The number of nitrogens with one attached hydrogen (secondary N) is 2. The molecule has 0 bridgehead atoms. The Balaban J connectivity index is 2.99. The molecule has 86 valence electrons. The van der Waals surface area contributed by atoms with E-state index in [9.17, 15) is 0 Å². The van der Waals surface area contributed by atoms with Gasteiger partial charge in [0.05, 0.1) is 6.61 Å². The molecule has 0 fully saturated rings. The minimum atomic E-state index is 0.441. The topological polar surface area (TPSA) is 33.3 Å². The van der Waals surface area contributed by atoms with Crippen molar-refractivity contribution in [1.82, 2.24) is 10.6 Å². The number of methoxy groups -OCH3 is 1. The van der Waals surface area contributed by atoms with Crippen molar-refractivity contribution in [3.8, 4) is 0 Å². The summed E-state index contributed by atoms with van der Waals surface area (Å²) < 4.78 is 4.93. The van der Waals surface area contributed by atoms with Gasteiger partial charge in [-0.3, -0.25) is 0 Å². The zero-order valence-corrected chi connectivity index (χ0v) is 10.2. The zero-order valence-electron chi connectivity index (χ0n) is 10.2. The summed E-state index contributed by atoms with van der Waals surface area (Å²) in [4.78, 5) is 0. The zero-order chi connectivity index (χ0) is 10.9. The van der Waals surface area contributed by atoms with E-state index < -0.39 is 0 Å². The van der Waals surface area contributed by atoms with Crippen molar-refractivity contribution in [2.45, 2.75) is 27.2 Å². The highest BCUT2D eigenvalue weighted by Crippen LogP contribution is 2.16. The maximum Gasteiger partial charge on any atom is 0.0587 e. The second kappa shape index (κ2) is 8.21. The molecule has 0 saturated heterocycles. The van der Waals surface area contributed by atoms with Gasteiger partial charge in [0.1, 0.15) is 0 Å². The van der Waals surface area contributed by atoms with Gasteiger partial charge in [0.2, 0.25) is 0 Å². The number of ether oxygens (including phenoxy) is 1. The van der Waals surface area contributed by atoms with Gasteiger partial charge >= 0.3 is 0 Å². The quantitative estimate of drug-likeness (QED) is 0.581. The van der Waals surface area contributed by atoms with E-state index >= 15 is 0 Å². The first-order valence-corrected chi connectivity index (χ1v) is 5.46. The normalized spacial score (nSPS) is 12.0. The maximum atomic E-state index is 4.93. The molecule has 0 aliphatic carbocycles. The van der Waals surface area contributed by atoms with Crippen LogP contribution < -0.4 is 10.6 Å². The molecule has 0 aromatic rings. The van der Waals surface area contributed by atoms with Crippen LogP contribution in [0, 0.1) is 5.41 Å². The van der Waals surface area contributed by atoms with Crippen LogP contribution in [0.15, 0.2) is 0 Å². The average molecular weight is 202 g/mol. The van der Waals surface area contributed by atoms with Crippen molar-refractivity contribution < 1.29 is 4.74 Å². The van der Waals surface area contributed by atoms with Gasteiger partial charge in [-0.1, -0.05) is 20.8 Å². The third-order valence-corrected chi connectivity index (χ3v) is 2.01. The summed E-state index contributed by atoms with van der Waals surface area (Å²) in [5, 5.41) is 6.71. The molecule has 14 heavy (non-hydrogen) atoms. The highest BCUT2D eigenvalue weighted by molar-refractivity contribution is 4.63. The molecule has 0 heterocycles. The van der Waals surface area contributed by atoms with E-state index in [2.05, 4.69) is 31.4 Å². The maximum absolute atomic E-state index is 4.93. The van der Waals surface area contributed by atoms with Crippen molar-refractivity contribution in [2.75, 3.05) is 39.9 Å². The highest BCUT2D eigenvalue weighted by atomic mass is 16.5. The molecular weight excluding hydrogens is 176 g/mol. The number of hydrogen-bond donors (Lipinski definition) is 2. The fraction of sp³-hybridized carbons (Fsp3) is 1.00. The van der Waals surface area contributed by atoms with Gasteiger partial charge < -0.3 is 15.4 Å². The van der Waals surface area contributed by atoms with Gasteiger partial charge in [0.15, 0.2) is 0 Å². The largest absolute Gasteiger partial charge is 0.383 e. The lowest BCUT2D eigenvalue weighted by atomic mass is 9.92. The van der Waals surface area contributed by atoms with Crippen molar-refractivity contribution in [2.24, 2.45) is 5.41 Å². The fourth-order valence-electron chi connectivity index (χ4n) is 1.06. The first-order chi connectivity index (χ1) is 6.56. The fourth-order valence-corrected chi connectivity index (χ4v) is 1.06. The van der Waals surface area contributed by atoms with Gasteiger partial charge in [-0.2, -0.15) is 0 Å². The highest BCUT2D eigenvalue weighted by Gasteiger charge is 2.08. The lowest BCUT2D eigenvalue weighted by Crippen LogP contribution is -2.31. The summed E-state index contributed by atoms with van der Waals surface area (Å²) in [6.45, 7) is 11.7. The molecule has 0 aromatic heterocycles. The van der Waals surface area contributed by atoms with Crippen LogP contribution in [-0.4, -0.2) is 39.9 Å². The Labute approximate surface area is 88.6 Å². The molecular formula is C11H26N2O. The SMILES string of the molecule is COCCNCCNCCC(C)(C)C. The van der Waals surface area contributed by atoms with Crippen LogP contribution in [-0.2, 0) is 4.74 Å². The summed E-state index contributed by atoms with van der Waals surface area (Å²) in [6, 6.07) is 0. The summed E-state index contributed by atoms with van der Waals surface area (Å²) in [5.41, 5.74) is 0.441. The van der Waals surface area contributed by atoms with Crippen LogP contribution in [0.2, 0.25) is 0 Å². The molecule has 0 amide bonds. The van der Waals surface area contributed by atoms with Crippen LogP contribution in [0.1, 0.15) is 27.2 Å². The molecule has 0 aliphatic heterocycles. The van der Waals surface area contributed by atoms with E-state index in [1.807, 2.05) is 0 Å². The molecule has 0 spiro atoms. The third-order valence-electron chi connectivity index (χ3n) is 2.01. The van der Waals surface area contributed by atoms with E-state index in [1.54, 1.807) is 7.11 Å². The van der Waals surface area contributed by atoms with Gasteiger partial charge in [0, 0.05) is 26.7 Å². The molecule has 3 nitrogen and oxygen atoms in total. The van der Waals surface area contributed by atoms with E-state index in [-0.39, 0.29) is 0 Å². The summed E-state index contributed by atoms with van der Waals surface area (Å²) >= 11 is 0. The molecule has 0 radical (unpaired) electrons. The molecule has 0 atom stereocenters. The third kappa shape index (κ3) is 11.9. The van der Waals surface area contributed by atoms with E-state index in [0.717, 1.165) is 32.8 Å². The minimum absolute atomic E-state index is 0.441. The second-order valence-corrected chi connectivity index (χ2v) is 4.80. The molecule has 0 unspecified atom stereocenters. The molecule has 0 saturated carbocycles. The van der Waals surface area contributed by atoms with Crippen molar-refractivity contribution in [3.63, 3.8) is 0 Å². The van der Waals surface area contributed by atoms with Crippen molar-refractivity contribution in [3.05, 3.63) is 0 Å².